The van der Waals surface area contributed by atoms with Gasteiger partial charge >= 0.3 is 18.9 Å². The summed E-state index contributed by atoms with van der Waals surface area (Å²) in [5, 5.41) is 2.31. The number of carbonyl (C=O) groups is 1. The van der Waals surface area contributed by atoms with Crippen LogP contribution in [-0.4, -0.2) is 28.4 Å². The standard InChI is InChI=1S/C6H3Cl2NO.C5H3Cl2N.C5H2Cl2N.CH3F.Li/c7-5-1-2-9-6(8)4(5)3-10;2*6-4-1-2-8-5(7)3-4;1-2;/h1-3H;1-3H;1-2H;1H3;/q;;-1;;+1/i;;;1D;. The molecule has 150 valence electrons. The molecule has 0 aromatic carbocycles. The molecule has 0 saturated carbocycles. The number of hydrogen-bond donors (Lipinski definition) is 0. The molecule has 0 fully saturated rings. The quantitative estimate of drug-likeness (QED) is 0.210. The number of nitrogens with zero attached hydrogens (tertiary/aromatic N) is 3. The Hall–Kier alpha value is -0.613. The number of pyridine rings is 3. The van der Waals surface area contributed by atoms with Gasteiger partial charge in [-0.1, -0.05) is 64.2 Å². The van der Waals surface area contributed by atoms with Gasteiger partial charge in [0.2, 0.25) is 0 Å². The fraction of sp³-hybridized carbons (Fsp3) is 0.0588. The third-order valence-corrected chi connectivity index (χ3v) is 3.81. The third kappa shape index (κ3) is 14.1. The molecule has 0 unspecified atom stereocenters. The van der Waals surface area contributed by atoms with Crippen molar-refractivity contribution in [2.24, 2.45) is 0 Å². The van der Waals surface area contributed by atoms with E-state index in [0.717, 1.165) is 0 Å². The van der Waals surface area contributed by atoms with E-state index in [4.69, 9.17) is 71.0 Å². The van der Waals surface area contributed by atoms with E-state index in [1.165, 1.54) is 18.5 Å². The van der Waals surface area contributed by atoms with E-state index in [1.807, 2.05) is 0 Å². The van der Waals surface area contributed by atoms with Crippen molar-refractivity contribution in [3.05, 3.63) is 85.0 Å². The molecular weight excluding hydrogens is 501 g/mol. The van der Waals surface area contributed by atoms with Crippen LogP contribution in [0.2, 0.25) is 30.5 Å². The Bertz CT molecular complexity index is 799. The van der Waals surface area contributed by atoms with Crippen LogP contribution >= 0.6 is 69.6 Å². The Kier molecular flexibility index (Phi) is 17.8. The molecule has 0 radical (unpaired) electrons. The summed E-state index contributed by atoms with van der Waals surface area (Å²) in [6, 6.07) is 8.98. The Morgan fingerprint density at radius 1 is 1.00 bits per heavy atom. The predicted molar refractivity (Wildman–Crippen MR) is 114 cm³/mol. The van der Waals surface area contributed by atoms with Crippen LogP contribution in [0.5, 0.6) is 0 Å². The number of rotatable bonds is 1. The van der Waals surface area contributed by atoms with Crippen molar-refractivity contribution in [1.82, 2.24) is 15.0 Å². The number of hydrogen-bond acceptors (Lipinski definition) is 4. The summed E-state index contributed by atoms with van der Waals surface area (Å²) in [4.78, 5) is 21.3. The van der Waals surface area contributed by atoms with E-state index in [-0.39, 0.29) is 29.6 Å². The van der Waals surface area contributed by atoms with Crippen LogP contribution in [0.4, 0.5) is 4.39 Å². The van der Waals surface area contributed by atoms with Crippen molar-refractivity contribution < 1.29 is 29.4 Å². The number of alkyl halides is 1. The molecule has 0 aliphatic carbocycles. The minimum absolute atomic E-state index is 0. The average molecular weight is 513 g/mol. The average Bonchev–Trinajstić information content (AvgIpc) is 2.63. The summed E-state index contributed by atoms with van der Waals surface area (Å²) >= 11 is 32.9. The van der Waals surface area contributed by atoms with Crippen molar-refractivity contribution in [3.63, 3.8) is 0 Å². The summed E-state index contributed by atoms with van der Waals surface area (Å²) in [6.07, 6.45) is 5.11. The predicted octanol–water partition coefficient (Wildman–Crippen LogP) is 4.37. The monoisotopic (exact) mass is 510 g/mol. The summed E-state index contributed by atoms with van der Waals surface area (Å²) in [5.41, 5.74) is 0.242. The van der Waals surface area contributed by atoms with Crippen LogP contribution < -0.4 is 18.9 Å². The Balaban J connectivity index is 0. The molecular formula is C17H11Cl6FLiN3O. The molecule has 29 heavy (non-hydrogen) atoms. The van der Waals surface area contributed by atoms with Crippen LogP contribution in [0.25, 0.3) is 0 Å². The second kappa shape index (κ2) is 18.2. The van der Waals surface area contributed by atoms with Crippen LogP contribution in [0.1, 0.15) is 11.7 Å². The van der Waals surface area contributed by atoms with E-state index in [0.29, 0.717) is 31.7 Å². The largest absolute Gasteiger partial charge is 1.00 e. The number of aldehydes is 1. The second-order valence-corrected chi connectivity index (χ2v) is 6.47. The van der Waals surface area contributed by atoms with Crippen LogP contribution in [-0.2, 0) is 0 Å². The fourth-order valence-corrected chi connectivity index (χ4v) is 2.43. The van der Waals surface area contributed by atoms with Crippen molar-refractivity contribution >= 4 is 75.9 Å². The summed E-state index contributed by atoms with van der Waals surface area (Å²) in [7, 11) is -1.00. The molecule has 12 heteroatoms. The van der Waals surface area contributed by atoms with Crippen molar-refractivity contribution in [1.29, 1.82) is 0 Å². The molecule has 0 saturated heterocycles. The molecule has 3 aromatic rings. The first-order valence-electron chi connectivity index (χ1n) is 7.52. The van der Waals surface area contributed by atoms with Gasteiger partial charge in [0.05, 0.1) is 19.1 Å². The van der Waals surface area contributed by atoms with Crippen LogP contribution in [0, 0.1) is 6.07 Å². The molecule has 4 nitrogen and oxygen atoms in total. The fourth-order valence-electron chi connectivity index (χ4n) is 1.25. The van der Waals surface area contributed by atoms with Gasteiger partial charge in [-0.3, -0.25) is 14.2 Å². The maximum Gasteiger partial charge on any atom is 1.00 e. The Morgan fingerprint density at radius 2 is 1.59 bits per heavy atom. The van der Waals surface area contributed by atoms with Gasteiger partial charge in [0.25, 0.3) is 0 Å². The van der Waals surface area contributed by atoms with Gasteiger partial charge < -0.3 is 0 Å². The Labute approximate surface area is 211 Å². The number of aromatic nitrogens is 3. The maximum atomic E-state index is 10.2. The van der Waals surface area contributed by atoms with Gasteiger partial charge in [-0.25, -0.2) is 9.97 Å². The molecule has 0 amide bonds. The molecule has 0 N–H and O–H groups in total. The van der Waals surface area contributed by atoms with Crippen molar-refractivity contribution in [2.75, 3.05) is 7.15 Å². The van der Waals surface area contributed by atoms with E-state index in [2.05, 4.69) is 21.0 Å². The first kappa shape index (κ1) is 28.4. The zero-order valence-electron chi connectivity index (χ0n) is 15.7. The first-order valence-corrected chi connectivity index (χ1v) is 9.08. The van der Waals surface area contributed by atoms with Gasteiger partial charge in [0, 0.05) is 22.6 Å². The summed E-state index contributed by atoms with van der Waals surface area (Å²) < 4.78 is 15.5. The zero-order valence-corrected chi connectivity index (χ0v) is 19.3. The van der Waals surface area contributed by atoms with Gasteiger partial charge in [-0.15, -0.1) is 16.6 Å². The number of halogens is 7. The zero-order chi connectivity index (χ0) is 22.2. The van der Waals surface area contributed by atoms with Crippen LogP contribution in [0.3, 0.4) is 0 Å². The minimum atomic E-state index is -1.00. The summed E-state index contributed by atoms with van der Waals surface area (Å²) in [5.74, 6) is 0. The molecule has 0 aliphatic heterocycles. The van der Waals surface area contributed by atoms with E-state index >= 15 is 0 Å². The topological polar surface area (TPSA) is 55.7 Å². The molecule has 3 rings (SSSR count). The van der Waals surface area contributed by atoms with E-state index in [9.17, 15) is 9.18 Å². The normalized spacial score (nSPS) is 9.00. The molecule has 0 bridgehead atoms. The van der Waals surface area contributed by atoms with Crippen molar-refractivity contribution in [2.45, 2.75) is 0 Å². The maximum absolute atomic E-state index is 10.2. The third-order valence-electron chi connectivity index (χ3n) is 2.33. The minimum Gasteiger partial charge on any atom is -0.298 e. The van der Waals surface area contributed by atoms with Crippen molar-refractivity contribution in [3.8, 4) is 0 Å². The molecule has 0 atom stereocenters. The van der Waals surface area contributed by atoms with Gasteiger partial charge in [0.15, 0.2) is 6.29 Å². The Morgan fingerprint density at radius 3 is 1.93 bits per heavy atom. The van der Waals surface area contributed by atoms with Gasteiger partial charge in [-0.2, -0.15) is 12.1 Å². The SMILES string of the molecule is Clc1[c-]c(Cl)ncc1.Clc1ccnc(Cl)c1.O=Cc1c(Cl)ccnc1Cl.[2H]CF.[Li+]. The smallest absolute Gasteiger partial charge is 0.298 e. The van der Waals surface area contributed by atoms with Gasteiger partial charge in [-0.05, 0) is 18.2 Å². The first-order chi connectivity index (χ1) is 13.7. The molecule has 0 aliphatic rings. The van der Waals surface area contributed by atoms with Crippen LogP contribution in [0.15, 0.2) is 42.9 Å². The second-order valence-electron chi connectivity index (χ2n) is 4.12. The molecule has 3 aromatic heterocycles. The molecule has 0 spiro atoms. The summed E-state index contributed by atoms with van der Waals surface area (Å²) in [6.45, 7) is 0. The molecule has 3 heterocycles. The van der Waals surface area contributed by atoms with E-state index in [1.54, 1.807) is 24.4 Å². The van der Waals surface area contributed by atoms with E-state index < -0.39 is 7.15 Å². The number of carbonyl (C=O) groups excluding carboxylic acids is 1. The van der Waals surface area contributed by atoms with Gasteiger partial charge in [0.1, 0.15) is 10.3 Å².